The van der Waals surface area contributed by atoms with Crippen molar-refractivity contribution in [1.82, 2.24) is 20.0 Å². The second kappa shape index (κ2) is 8.36. The summed E-state index contributed by atoms with van der Waals surface area (Å²) in [5, 5.41) is 7.30. The number of hydrogen-bond acceptors (Lipinski definition) is 4. The zero-order valence-corrected chi connectivity index (χ0v) is 15.0. The number of fused-ring (bicyclic) bond motifs is 1. The van der Waals surface area contributed by atoms with Crippen LogP contribution >= 0.6 is 0 Å². The van der Waals surface area contributed by atoms with E-state index in [1.54, 1.807) is 0 Å². The quantitative estimate of drug-likeness (QED) is 0.801. The summed E-state index contributed by atoms with van der Waals surface area (Å²) in [6.07, 6.45) is 5.62. The topological polar surface area (TPSA) is 76.5 Å². The Bertz CT molecular complexity index is 609. The van der Waals surface area contributed by atoms with Crippen molar-refractivity contribution in [3.05, 3.63) is 17.5 Å². The summed E-state index contributed by atoms with van der Waals surface area (Å²) in [5.74, 6) is 0.522. The molecule has 7 heteroatoms. The fraction of sp³-hybridized carbons (Fsp3) is 0.722. The third-order valence-electron chi connectivity index (χ3n) is 4.98. The number of amides is 2. The van der Waals surface area contributed by atoms with Gasteiger partial charge < -0.3 is 15.0 Å². The van der Waals surface area contributed by atoms with Crippen molar-refractivity contribution < 1.29 is 14.3 Å². The number of ether oxygens (including phenoxy) is 1. The minimum Gasteiger partial charge on any atom is -0.450 e. The summed E-state index contributed by atoms with van der Waals surface area (Å²) in [6.45, 7) is 5.07. The van der Waals surface area contributed by atoms with Gasteiger partial charge in [0, 0.05) is 19.0 Å². The fourth-order valence-electron chi connectivity index (χ4n) is 3.23. The van der Waals surface area contributed by atoms with E-state index >= 15 is 0 Å². The smallest absolute Gasteiger partial charge is 0.407 e. The number of nitrogens with zero attached hydrogens (tertiary/aromatic N) is 3. The number of carbonyl (C=O) groups is 2. The predicted molar refractivity (Wildman–Crippen MR) is 92.7 cm³/mol. The molecule has 1 saturated carbocycles. The Hall–Kier alpha value is -2.05. The lowest BCUT2D eigenvalue weighted by Gasteiger charge is -2.30. The SMILES string of the molecule is CCCCOC(=O)NCc1cc2n(n1)CCCN(C(=O)C1CCC1)C2. The van der Waals surface area contributed by atoms with Gasteiger partial charge in [-0.05, 0) is 31.7 Å². The molecule has 1 N–H and O–H groups in total. The molecule has 1 aliphatic heterocycles. The first-order chi connectivity index (χ1) is 12.2. The number of unbranched alkanes of at least 4 members (excludes halogenated alkanes) is 1. The molecule has 0 saturated heterocycles. The molecular formula is C18H28N4O3. The van der Waals surface area contributed by atoms with Gasteiger partial charge in [0.05, 0.1) is 31.1 Å². The Morgan fingerprint density at radius 3 is 2.88 bits per heavy atom. The van der Waals surface area contributed by atoms with Crippen LogP contribution in [0.1, 0.15) is 56.8 Å². The Morgan fingerprint density at radius 2 is 2.16 bits per heavy atom. The summed E-state index contributed by atoms with van der Waals surface area (Å²) >= 11 is 0. The highest BCUT2D eigenvalue weighted by molar-refractivity contribution is 5.79. The van der Waals surface area contributed by atoms with Crippen molar-refractivity contribution in [3.8, 4) is 0 Å². The summed E-state index contributed by atoms with van der Waals surface area (Å²) in [4.78, 5) is 26.1. The summed E-state index contributed by atoms with van der Waals surface area (Å²) in [6, 6.07) is 1.98. The number of aryl methyl sites for hydroxylation is 1. The zero-order valence-electron chi connectivity index (χ0n) is 15.0. The van der Waals surface area contributed by atoms with Crippen LogP contribution in [0, 0.1) is 5.92 Å². The van der Waals surface area contributed by atoms with Gasteiger partial charge in [-0.25, -0.2) is 4.79 Å². The number of hydrogen-bond donors (Lipinski definition) is 1. The minimum atomic E-state index is -0.404. The lowest BCUT2D eigenvalue weighted by atomic mass is 9.84. The van der Waals surface area contributed by atoms with Crippen LogP contribution in [0.2, 0.25) is 0 Å². The fourth-order valence-corrected chi connectivity index (χ4v) is 3.23. The second-order valence-electron chi connectivity index (χ2n) is 6.93. The molecule has 0 aromatic carbocycles. The van der Waals surface area contributed by atoms with E-state index in [-0.39, 0.29) is 5.92 Å². The van der Waals surface area contributed by atoms with E-state index in [1.165, 1.54) is 6.42 Å². The van der Waals surface area contributed by atoms with E-state index in [0.717, 1.165) is 56.6 Å². The van der Waals surface area contributed by atoms with Gasteiger partial charge in [-0.3, -0.25) is 9.48 Å². The zero-order chi connectivity index (χ0) is 17.6. The Morgan fingerprint density at radius 1 is 1.32 bits per heavy atom. The van der Waals surface area contributed by atoms with Crippen molar-refractivity contribution in [3.63, 3.8) is 0 Å². The summed E-state index contributed by atoms with van der Waals surface area (Å²) in [5.41, 5.74) is 1.85. The third-order valence-corrected chi connectivity index (χ3v) is 4.98. The Kier molecular flexibility index (Phi) is 5.94. The molecular weight excluding hydrogens is 320 g/mol. The van der Waals surface area contributed by atoms with Gasteiger partial charge in [0.15, 0.2) is 0 Å². The maximum Gasteiger partial charge on any atom is 0.407 e. The molecule has 25 heavy (non-hydrogen) atoms. The molecule has 0 bridgehead atoms. The van der Waals surface area contributed by atoms with Crippen LogP contribution in [-0.4, -0.2) is 39.8 Å². The van der Waals surface area contributed by atoms with E-state index < -0.39 is 6.09 Å². The highest BCUT2D eigenvalue weighted by atomic mass is 16.5. The second-order valence-corrected chi connectivity index (χ2v) is 6.93. The molecule has 1 aromatic rings. The molecule has 0 atom stereocenters. The molecule has 0 radical (unpaired) electrons. The van der Waals surface area contributed by atoms with E-state index in [4.69, 9.17) is 4.74 Å². The molecule has 2 amide bonds. The number of alkyl carbamates (subject to hydrolysis) is 1. The first-order valence-electron chi connectivity index (χ1n) is 9.42. The molecule has 3 rings (SSSR count). The van der Waals surface area contributed by atoms with Crippen molar-refractivity contribution >= 4 is 12.0 Å². The van der Waals surface area contributed by atoms with Crippen LogP contribution in [0.4, 0.5) is 4.79 Å². The van der Waals surface area contributed by atoms with Crippen LogP contribution < -0.4 is 5.32 Å². The predicted octanol–water partition coefficient (Wildman–Crippen LogP) is 2.44. The number of carbonyl (C=O) groups excluding carboxylic acids is 2. The van der Waals surface area contributed by atoms with Crippen molar-refractivity contribution in [2.75, 3.05) is 13.2 Å². The van der Waals surface area contributed by atoms with Crippen LogP contribution in [-0.2, 0) is 29.2 Å². The third kappa shape index (κ3) is 4.52. The molecule has 1 aliphatic carbocycles. The molecule has 7 nitrogen and oxygen atoms in total. The molecule has 0 unspecified atom stereocenters. The van der Waals surface area contributed by atoms with E-state index in [9.17, 15) is 9.59 Å². The maximum absolute atomic E-state index is 12.5. The highest BCUT2D eigenvalue weighted by Gasteiger charge is 2.30. The average molecular weight is 348 g/mol. The molecule has 0 spiro atoms. The van der Waals surface area contributed by atoms with Crippen LogP contribution in [0.25, 0.3) is 0 Å². The standard InChI is InChI=1S/C18H28N4O3/c1-2-3-10-25-18(24)19-12-15-11-16-13-21(8-5-9-22(16)20-15)17(23)14-6-4-7-14/h11,14H,2-10,12-13H2,1H3,(H,19,24). The summed E-state index contributed by atoms with van der Waals surface area (Å²) < 4.78 is 7.05. The van der Waals surface area contributed by atoms with E-state index in [2.05, 4.69) is 17.3 Å². The van der Waals surface area contributed by atoms with Gasteiger partial charge in [0.25, 0.3) is 0 Å². The van der Waals surface area contributed by atoms with Crippen molar-refractivity contribution in [1.29, 1.82) is 0 Å². The highest BCUT2D eigenvalue weighted by Crippen LogP contribution is 2.29. The van der Waals surface area contributed by atoms with E-state index in [0.29, 0.717) is 25.6 Å². The van der Waals surface area contributed by atoms with Crippen LogP contribution in [0.5, 0.6) is 0 Å². The first kappa shape index (κ1) is 17.8. The van der Waals surface area contributed by atoms with Gasteiger partial charge in [-0.15, -0.1) is 0 Å². The Balaban J connectivity index is 1.53. The lowest BCUT2D eigenvalue weighted by molar-refractivity contribution is -0.138. The normalized spacial score (nSPS) is 17.4. The van der Waals surface area contributed by atoms with E-state index in [1.807, 2.05) is 15.6 Å². The van der Waals surface area contributed by atoms with Gasteiger partial charge >= 0.3 is 6.09 Å². The van der Waals surface area contributed by atoms with Crippen molar-refractivity contribution in [2.45, 2.75) is 65.1 Å². The largest absolute Gasteiger partial charge is 0.450 e. The van der Waals surface area contributed by atoms with Gasteiger partial charge in [0.1, 0.15) is 0 Å². The average Bonchev–Trinajstić information content (AvgIpc) is 2.82. The van der Waals surface area contributed by atoms with Gasteiger partial charge in [-0.2, -0.15) is 5.10 Å². The molecule has 2 heterocycles. The number of aromatic nitrogens is 2. The van der Waals surface area contributed by atoms with Crippen molar-refractivity contribution in [2.24, 2.45) is 5.92 Å². The van der Waals surface area contributed by atoms with Crippen LogP contribution in [0.3, 0.4) is 0 Å². The molecule has 138 valence electrons. The van der Waals surface area contributed by atoms with Crippen LogP contribution in [0.15, 0.2) is 6.07 Å². The van der Waals surface area contributed by atoms with Gasteiger partial charge in [-0.1, -0.05) is 19.8 Å². The lowest BCUT2D eigenvalue weighted by Crippen LogP contribution is -2.38. The number of nitrogens with one attached hydrogen (secondary N) is 1. The van der Waals surface area contributed by atoms with Gasteiger partial charge in [0.2, 0.25) is 5.91 Å². The molecule has 1 fully saturated rings. The monoisotopic (exact) mass is 348 g/mol. The Labute approximate surface area is 148 Å². The molecule has 2 aliphatic rings. The summed E-state index contributed by atoms with van der Waals surface area (Å²) in [7, 11) is 0. The first-order valence-corrected chi connectivity index (χ1v) is 9.42. The maximum atomic E-state index is 12.5. The molecule has 1 aromatic heterocycles. The number of rotatable bonds is 6. The minimum absolute atomic E-state index is 0.230.